The Bertz CT molecular complexity index is 69.8. The molecule has 0 atom stereocenters. The molecule has 2 N–H and O–H groups in total. The second-order valence-corrected chi connectivity index (χ2v) is 5.75. The summed E-state index contributed by atoms with van der Waals surface area (Å²) < 4.78 is 0. The van der Waals surface area contributed by atoms with Gasteiger partial charge in [-0.25, -0.2) is 4.79 Å². The van der Waals surface area contributed by atoms with Crippen LogP contribution in [-0.4, -0.2) is 36.9 Å². The topological polar surface area (TPSA) is 57.5 Å². The maximum atomic E-state index is 9.12. The standard InChI is InChI=1S/C2H4O3.3CH3.Al/c3-1-2(4)5;;;;/h3H,1H2,(H,4,5);3*1H3;. The van der Waals surface area contributed by atoms with Gasteiger partial charge in [-0.05, 0) is 0 Å². The maximum absolute atomic E-state index is 9.12. The van der Waals surface area contributed by atoms with Gasteiger partial charge in [0, 0.05) is 0 Å². The normalized spacial score (nSPS) is 7.11. The lowest BCUT2D eigenvalue weighted by Gasteiger charge is -1.72. The van der Waals surface area contributed by atoms with E-state index in [-0.39, 0.29) is 14.1 Å². The molecule has 54 valence electrons. The van der Waals surface area contributed by atoms with E-state index in [0.717, 1.165) is 0 Å². The van der Waals surface area contributed by atoms with Gasteiger partial charge in [0.2, 0.25) is 0 Å². The van der Waals surface area contributed by atoms with E-state index in [1.54, 1.807) is 0 Å². The lowest BCUT2D eigenvalue weighted by atomic mass is 10.8. The Kier molecular flexibility index (Phi) is 10.4. The number of aliphatic carboxylic acids is 1. The molecule has 0 aliphatic heterocycles. The van der Waals surface area contributed by atoms with Crippen molar-refractivity contribution in [2.75, 3.05) is 6.61 Å². The largest absolute Gasteiger partial charge is 0.480 e. The lowest BCUT2D eigenvalue weighted by molar-refractivity contribution is -0.140. The summed E-state index contributed by atoms with van der Waals surface area (Å²) in [4.78, 5) is 9.12. The van der Waals surface area contributed by atoms with Crippen molar-refractivity contribution in [1.82, 2.24) is 0 Å². The zero-order valence-electron chi connectivity index (χ0n) is 6.09. The summed E-state index contributed by atoms with van der Waals surface area (Å²) in [6.45, 7) is -0.778. The van der Waals surface area contributed by atoms with Crippen molar-refractivity contribution >= 4 is 20.1 Å². The number of rotatable bonds is 1. The molecule has 0 heterocycles. The second-order valence-electron chi connectivity index (χ2n) is 2.28. The number of hydrogen-bond donors (Lipinski definition) is 2. The van der Waals surface area contributed by atoms with Gasteiger partial charge in [0.1, 0.15) is 6.61 Å². The minimum atomic E-state index is -1.19. The molecule has 0 rings (SSSR count). The summed E-state index contributed by atoms with van der Waals surface area (Å²) in [6, 6.07) is 0. The highest BCUT2D eigenvalue weighted by atomic mass is 27.2. The highest BCUT2D eigenvalue weighted by Gasteiger charge is 1.82. The van der Waals surface area contributed by atoms with Crippen molar-refractivity contribution in [3.05, 3.63) is 0 Å². The molecule has 0 radical (unpaired) electrons. The molecule has 3 nitrogen and oxygen atoms in total. The lowest BCUT2D eigenvalue weighted by Crippen LogP contribution is -1.98. The molecule has 0 aliphatic rings. The summed E-state index contributed by atoms with van der Waals surface area (Å²) in [7, 11) is 0. The van der Waals surface area contributed by atoms with Crippen molar-refractivity contribution in [2.45, 2.75) is 17.4 Å². The van der Waals surface area contributed by atoms with Crippen molar-refractivity contribution < 1.29 is 15.0 Å². The van der Waals surface area contributed by atoms with Gasteiger partial charge in [-0.15, -0.1) is 17.4 Å². The molecule has 0 saturated heterocycles. The fourth-order valence-corrected chi connectivity index (χ4v) is 0. The van der Waals surface area contributed by atoms with Gasteiger partial charge in [-0.3, -0.25) is 0 Å². The van der Waals surface area contributed by atoms with Crippen molar-refractivity contribution in [2.24, 2.45) is 0 Å². The SMILES string of the molecule is O=C(O)CO.[CH3][Al]([CH3])[CH3]. The van der Waals surface area contributed by atoms with Gasteiger partial charge < -0.3 is 10.2 Å². The molecule has 0 aliphatic carbocycles. The Labute approximate surface area is 59.7 Å². The van der Waals surface area contributed by atoms with Crippen molar-refractivity contribution in [1.29, 1.82) is 0 Å². The van der Waals surface area contributed by atoms with Gasteiger partial charge in [-0.1, -0.05) is 0 Å². The average molecular weight is 148 g/mol. The van der Waals surface area contributed by atoms with Gasteiger partial charge in [0.25, 0.3) is 14.1 Å². The Morgan fingerprint density at radius 3 is 1.56 bits per heavy atom. The van der Waals surface area contributed by atoms with Gasteiger partial charge in [0.15, 0.2) is 0 Å². The Morgan fingerprint density at radius 1 is 1.44 bits per heavy atom. The van der Waals surface area contributed by atoms with Crippen LogP contribution >= 0.6 is 0 Å². The van der Waals surface area contributed by atoms with Crippen LogP contribution in [0.3, 0.4) is 0 Å². The first-order valence-electron chi connectivity index (χ1n) is 2.83. The highest BCUT2D eigenvalue weighted by Crippen LogP contribution is 1.68. The van der Waals surface area contributed by atoms with Crippen LogP contribution in [0, 0.1) is 0 Å². The van der Waals surface area contributed by atoms with E-state index in [1.165, 1.54) is 0 Å². The molecule has 0 aromatic heterocycles. The summed E-state index contributed by atoms with van der Waals surface area (Å²) in [5.74, 6) is 5.73. The van der Waals surface area contributed by atoms with Crippen LogP contribution in [0.15, 0.2) is 0 Å². The number of carboxylic acid groups (broad SMARTS) is 1. The Morgan fingerprint density at radius 2 is 1.56 bits per heavy atom. The number of aliphatic hydroxyl groups excluding tert-OH is 1. The molecule has 0 spiro atoms. The molecular formula is C5H13AlO3. The van der Waals surface area contributed by atoms with E-state index >= 15 is 0 Å². The van der Waals surface area contributed by atoms with Crippen LogP contribution in [0.25, 0.3) is 0 Å². The number of aliphatic hydroxyl groups is 1. The Hall–Kier alpha value is -0.0375. The van der Waals surface area contributed by atoms with Crippen LogP contribution in [0.4, 0.5) is 0 Å². The second kappa shape index (κ2) is 7.96. The fraction of sp³-hybridized carbons (Fsp3) is 0.800. The number of carboxylic acids is 1. The van der Waals surface area contributed by atoms with Gasteiger partial charge >= 0.3 is 5.97 Å². The predicted molar refractivity (Wildman–Crippen MR) is 38.1 cm³/mol. The Balaban J connectivity index is 0. The third-order valence-electron chi connectivity index (χ3n) is 0.135. The van der Waals surface area contributed by atoms with Crippen LogP contribution in [0.1, 0.15) is 0 Å². The van der Waals surface area contributed by atoms with E-state index < -0.39 is 12.6 Å². The monoisotopic (exact) mass is 148 g/mol. The minimum Gasteiger partial charge on any atom is -0.480 e. The van der Waals surface area contributed by atoms with E-state index in [9.17, 15) is 0 Å². The molecule has 0 bridgehead atoms. The van der Waals surface area contributed by atoms with E-state index in [4.69, 9.17) is 15.0 Å². The molecule has 0 fully saturated rings. The molecule has 9 heavy (non-hydrogen) atoms. The van der Waals surface area contributed by atoms with E-state index in [2.05, 4.69) is 17.4 Å². The number of hydrogen-bond acceptors (Lipinski definition) is 2. The smallest absolute Gasteiger partial charge is 0.329 e. The molecule has 0 aromatic rings. The van der Waals surface area contributed by atoms with Gasteiger partial charge in [0.05, 0.1) is 0 Å². The molecule has 0 saturated carbocycles. The first-order valence-corrected chi connectivity index (χ1v) is 6.29. The van der Waals surface area contributed by atoms with Crippen LogP contribution in [-0.2, 0) is 4.79 Å². The quantitative estimate of drug-likeness (QED) is 0.530. The fourth-order valence-electron chi connectivity index (χ4n) is 0. The third kappa shape index (κ3) is 73.5. The zero-order valence-corrected chi connectivity index (χ0v) is 7.24. The van der Waals surface area contributed by atoms with E-state index in [1.807, 2.05) is 0 Å². The molecular weight excluding hydrogens is 135 g/mol. The van der Waals surface area contributed by atoms with Crippen molar-refractivity contribution in [3.63, 3.8) is 0 Å². The average Bonchev–Trinajstić information content (AvgIpc) is 1.65. The maximum Gasteiger partial charge on any atom is 0.329 e. The third-order valence-corrected chi connectivity index (χ3v) is 0.135. The summed E-state index contributed by atoms with van der Waals surface area (Å²) in [6.07, 6.45) is 0. The van der Waals surface area contributed by atoms with Crippen LogP contribution < -0.4 is 0 Å². The van der Waals surface area contributed by atoms with Crippen molar-refractivity contribution in [3.8, 4) is 0 Å². The first kappa shape index (κ1) is 11.7. The van der Waals surface area contributed by atoms with E-state index in [0.29, 0.717) is 0 Å². The molecule has 4 heteroatoms. The predicted octanol–water partition coefficient (Wildman–Crippen LogP) is 0.434. The molecule has 0 unspecified atom stereocenters. The van der Waals surface area contributed by atoms with Gasteiger partial charge in [-0.2, -0.15) is 0 Å². The minimum absolute atomic E-state index is 0.139. The summed E-state index contributed by atoms with van der Waals surface area (Å²) in [5, 5.41) is 15.0. The molecule has 0 aromatic carbocycles. The summed E-state index contributed by atoms with van der Waals surface area (Å²) >= 11 is -0.139. The first-order chi connectivity index (χ1) is 4.00. The van der Waals surface area contributed by atoms with Crippen LogP contribution in [0.5, 0.6) is 0 Å². The highest BCUT2D eigenvalue weighted by molar-refractivity contribution is 6.54. The summed E-state index contributed by atoms with van der Waals surface area (Å²) in [5.41, 5.74) is 0. The zero-order chi connectivity index (χ0) is 7.86. The molecule has 0 amide bonds. The number of carbonyl (C=O) groups is 1. The van der Waals surface area contributed by atoms with Crippen LogP contribution in [0.2, 0.25) is 17.4 Å².